The van der Waals surface area contributed by atoms with Crippen molar-refractivity contribution in [2.24, 2.45) is 0 Å². The normalized spacial score (nSPS) is 15.9. The lowest BCUT2D eigenvalue weighted by Gasteiger charge is -2.03. The largest absolute Gasteiger partial charge is 0.494 e. The van der Waals surface area contributed by atoms with Crippen molar-refractivity contribution in [2.75, 3.05) is 7.11 Å². The molecule has 1 aliphatic carbocycles. The summed E-state index contributed by atoms with van der Waals surface area (Å²) in [6.07, 6.45) is 4.81. The number of methoxy groups -OCH3 is 1. The molecule has 1 saturated carbocycles. The fourth-order valence-electron chi connectivity index (χ4n) is 2.59. The Labute approximate surface area is 111 Å². The van der Waals surface area contributed by atoms with E-state index in [1.165, 1.54) is 26.0 Å². The van der Waals surface area contributed by atoms with E-state index in [2.05, 4.69) is 15.2 Å². The van der Waals surface area contributed by atoms with Crippen LogP contribution < -0.4 is 4.74 Å². The molecule has 3 rings (SSSR count). The molecule has 0 amide bonds. The van der Waals surface area contributed by atoms with Crippen molar-refractivity contribution in [1.82, 2.24) is 15.2 Å². The number of hydrogen-bond donors (Lipinski definition) is 1. The molecule has 19 heavy (non-hydrogen) atoms. The number of aromatic nitrogens is 3. The molecule has 4 nitrogen and oxygen atoms in total. The van der Waals surface area contributed by atoms with Gasteiger partial charge in [-0.2, -0.15) is 5.10 Å². The Morgan fingerprint density at radius 2 is 2.11 bits per heavy atom. The Bertz CT molecular complexity index is 576. The quantitative estimate of drug-likeness (QED) is 0.922. The third-order valence-electron chi connectivity index (χ3n) is 3.65. The van der Waals surface area contributed by atoms with Crippen molar-refractivity contribution in [2.45, 2.75) is 31.6 Å². The molecule has 1 aromatic carbocycles. The second-order valence-corrected chi connectivity index (χ2v) is 4.87. The summed E-state index contributed by atoms with van der Waals surface area (Å²) in [5.41, 5.74) is 0.666. The Hall–Kier alpha value is -1.91. The van der Waals surface area contributed by atoms with E-state index in [0.717, 1.165) is 18.7 Å². The molecular formula is C14H16FN3O. The molecule has 0 unspecified atom stereocenters. The third-order valence-corrected chi connectivity index (χ3v) is 3.65. The number of hydrogen-bond acceptors (Lipinski definition) is 3. The van der Waals surface area contributed by atoms with Gasteiger partial charge in [0.2, 0.25) is 0 Å². The summed E-state index contributed by atoms with van der Waals surface area (Å²) in [5, 5.41) is 7.16. The monoisotopic (exact) mass is 261 g/mol. The molecule has 1 fully saturated rings. The van der Waals surface area contributed by atoms with Gasteiger partial charge in [0.25, 0.3) is 0 Å². The SMILES string of the molecule is COc1ccc(-c2n[nH]c(C3CCCC3)n2)cc1F. The number of ether oxygens (including phenoxy) is 1. The number of nitrogens with one attached hydrogen (secondary N) is 1. The molecule has 1 aliphatic rings. The summed E-state index contributed by atoms with van der Waals surface area (Å²) < 4.78 is 18.6. The molecule has 0 bridgehead atoms. The lowest BCUT2D eigenvalue weighted by Crippen LogP contribution is -1.94. The van der Waals surface area contributed by atoms with Gasteiger partial charge in [-0.05, 0) is 31.0 Å². The number of halogens is 1. The standard InChI is InChI=1S/C14H16FN3O/c1-19-12-7-6-10(8-11(12)15)14-16-13(17-18-14)9-4-2-3-5-9/h6-9H,2-5H2,1H3,(H,16,17,18). The van der Waals surface area contributed by atoms with Crippen LogP contribution in [0.4, 0.5) is 4.39 Å². The molecule has 0 spiro atoms. The van der Waals surface area contributed by atoms with Crippen LogP contribution in [0.3, 0.4) is 0 Å². The number of rotatable bonds is 3. The topological polar surface area (TPSA) is 50.8 Å². The second-order valence-electron chi connectivity index (χ2n) is 4.87. The number of H-pyrrole nitrogens is 1. The molecule has 1 aromatic heterocycles. The van der Waals surface area contributed by atoms with Crippen molar-refractivity contribution in [3.05, 3.63) is 29.8 Å². The van der Waals surface area contributed by atoms with Crippen LogP contribution >= 0.6 is 0 Å². The molecular weight excluding hydrogens is 245 g/mol. The Morgan fingerprint density at radius 1 is 1.32 bits per heavy atom. The average molecular weight is 261 g/mol. The number of nitrogens with zero attached hydrogens (tertiary/aromatic N) is 2. The Kier molecular flexibility index (Phi) is 3.19. The molecule has 0 radical (unpaired) electrons. The zero-order chi connectivity index (χ0) is 13.2. The summed E-state index contributed by atoms with van der Waals surface area (Å²) in [6, 6.07) is 4.76. The molecule has 100 valence electrons. The zero-order valence-corrected chi connectivity index (χ0v) is 10.8. The van der Waals surface area contributed by atoms with E-state index in [0.29, 0.717) is 17.3 Å². The van der Waals surface area contributed by atoms with Crippen molar-refractivity contribution < 1.29 is 9.13 Å². The molecule has 0 saturated heterocycles. The van der Waals surface area contributed by atoms with E-state index < -0.39 is 5.82 Å². The average Bonchev–Trinajstić information content (AvgIpc) is 3.09. The van der Waals surface area contributed by atoms with Crippen LogP contribution in [-0.4, -0.2) is 22.3 Å². The maximum atomic E-state index is 13.7. The van der Waals surface area contributed by atoms with Gasteiger partial charge in [0.15, 0.2) is 17.4 Å². The molecule has 1 heterocycles. The third kappa shape index (κ3) is 2.32. The highest BCUT2D eigenvalue weighted by molar-refractivity contribution is 5.56. The van der Waals surface area contributed by atoms with E-state index in [4.69, 9.17) is 4.74 Å². The van der Waals surface area contributed by atoms with Gasteiger partial charge in [0.05, 0.1) is 7.11 Å². The van der Waals surface area contributed by atoms with Gasteiger partial charge in [0, 0.05) is 11.5 Å². The fraction of sp³-hybridized carbons (Fsp3) is 0.429. The maximum absolute atomic E-state index is 13.7. The highest BCUT2D eigenvalue weighted by atomic mass is 19.1. The van der Waals surface area contributed by atoms with Crippen molar-refractivity contribution in [1.29, 1.82) is 0 Å². The first-order valence-electron chi connectivity index (χ1n) is 6.54. The first-order valence-corrected chi connectivity index (χ1v) is 6.54. The van der Waals surface area contributed by atoms with Crippen LogP contribution in [0, 0.1) is 5.82 Å². The fourth-order valence-corrected chi connectivity index (χ4v) is 2.59. The predicted octanol–water partition coefficient (Wildman–Crippen LogP) is 3.28. The van der Waals surface area contributed by atoms with E-state index in [1.807, 2.05) is 0 Å². The molecule has 5 heteroatoms. The lowest BCUT2D eigenvalue weighted by atomic mass is 10.1. The summed E-state index contributed by atoms with van der Waals surface area (Å²) >= 11 is 0. The van der Waals surface area contributed by atoms with Gasteiger partial charge in [-0.15, -0.1) is 0 Å². The summed E-state index contributed by atoms with van der Waals surface area (Å²) in [7, 11) is 1.45. The minimum atomic E-state index is -0.396. The summed E-state index contributed by atoms with van der Waals surface area (Å²) in [5.74, 6) is 1.78. The van der Waals surface area contributed by atoms with Crippen LogP contribution in [0.25, 0.3) is 11.4 Å². The van der Waals surface area contributed by atoms with Gasteiger partial charge in [0.1, 0.15) is 5.82 Å². The van der Waals surface area contributed by atoms with Gasteiger partial charge in [-0.3, -0.25) is 5.10 Å². The lowest BCUT2D eigenvalue weighted by molar-refractivity contribution is 0.386. The first kappa shape index (κ1) is 12.1. The van der Waals surface area contributed by atoms with Crippen LogP contribution in [0.2, 0.25) is 0 Å². The van der Waals surface area contributed by atoms with Gasteiger partial charge in [-0.1, -0.05) is 12.8 Å². The van der Waals surface area contributed by atoms with Crippen LogP contribution in [-0.2, 0) is 0 Å². The van der Waals surface area contributed by atoms with E-state index in [1.54, 1.807) is 12.1 Å². The highest BCUT2D eigenvalue weighted by Gasteiger charge is 2.21. The smallest absolute Gasteiger partial charge is 0.181 e. The van der Waals surface area contributed by atoms with Crippen molar-refractivity contribution in [3.63, 3.8) is 0 Å². The Balaban J connectivity index is 1.87. The number of benzene rings is 1. The summed E-state index contributed by atoms with van der Waals surface area (Å²) in [6.45, 7) is 0. The first-order chi connectivity index (χ1) is 9.28. The second kappa shape index (κ2) is 4.99. The molecule has 0 aliphatic heterocycles. The van der Waals surface area contributed by atoms with E-state index in [9.17, 15) is 4.39 Å². The maximum Gasteiger partial charge on any atom is 0.181 e. The van der Waals surface area contributed by atoms with E-state index in [-0.39, 0.29) is 5.75 Å². The number of aromatic amines is 1. The van der Waals surface area contributed by atoms with Crippen LogP contribution in [0.5, 0.6) is 5.75 Å². The van der Waals surface area contributed by atoms with E-state index >= 15 is 0 Å². The van der Waals surface area contributed by atoms with Crippen molar-refractivity contribution >= 4 is 0 Å². The van der Waals surface area contributed by atoms with Crippen molar-refractivity contribution in [3.8, 4) is 17.1 Å². The zero-order valence-electron chi connectivity index (χ0n) is 10.8. The van der Waals surface area contributed by atoms with Crippen LogP contribution in [0.1, 0.15) is 37.4 Å². The van der Waals surface area contributed by atoms with Gasteiger partial charge in [-0.25, -0.2) is 9.37 Å². The molecule has 2 aromatic rings. The minimum Gasteiger partial charge on any atom is -0.494 e. The predicted molar refractivity (Wildman–Crippen MR) is 69.5 cm³/mol. The minimum absolute atomic E-state index is 0.232. The van der Waals surface area contributed by atoms with Crippen LogP contribution in [0.15, 0.2) is 18.2 Å². The van der Waals surface area contributed by atoms with Gasteiger partial charge < -0.3 is 4.74 Å². The molecule has 0 atom stereocenters. The van der Waals surface area contributed by atoms with Gasteiger partial charge >= 0.3 is 0 Å². The Morgan fingerprint density at radius 3 is 2.79 bits per heavy atom. The highest BCUT2D eigenvalue weighted by Crippen LogP contribution is 2.33. The summed E-state index contributed by atoms with van der Waals surface area (Å²) in [4.78, 5) is 4.48. The molecule has 1 N–H and O–H groups in total.